The van der Waals surface area contributed by atoms with Crippen LogP contribution in [0.5, 0.6) is 0 Å². The van der Waals surface area contributed by atoms with Crippen molar-refractivity contribution in [3.8, 4) is 0 Å². The van der Waals surface area contributed by atoms with Gasteiger partial charge in [0.1, 0.15) is 18.0 Å². The fraction of sp³-hybridized carbons (Fsp3) is 0.556. The zero-order chi connectivity index (χ0) is 10.7. The van der Waals surface area contributed by atoms with Crippen molar-refractivity contribution in [2.75, 3.05) is 30.5 Å². The summed E-state index contributed by atoms with van der Waals surface area (Å²) in [6.07, 6.45) is 2.84. The Bertz CT molecular complexity index is 332. The smallest absolute Gasteiger partial charge is 0.145 e. The van der Waals surface area contributed by atoms with Gasteiger partial charge in [-0.25, -0.2) is 15.8 Å². The Labute approximate surface area is 88.4 Å². The highest BCUT2D eigenvalue weighted by atomic mass is 16.5. The van der Waals surface area contributed by atoms with Crippen LogP contribution in [0.15, 0.2) is 12.4 Å². The van der Waals surface area contributed by atoms with E-state index in [9.17, 15) is 0 Å². The van der Waals surface area contributed by atoms with E-state index in [1.165, 1.54) is 6.33 Å². The summed E-state index contributed by atoms with van der Waals surface area (Å²) >= 11 is 0. The van der Waals surface area contributed by atoms with E-state index in [1.54, 1.807) is 7.11 Å². The van der Waals surface area contributed by atoms with Gasteiger partial charge in [-0.3, -0.25) is 0 Å². The molecule has 0 bridgehead atoms. The number of nitrogens with one attached hydrogen (secondary N) is 1. The molecular weight excluding hydrogens is 194 g/mol. The lowest BCUT2D eigenvalue weighted by atomic mass is 10.3. The fourth-order valence-corrected chi connectivity index (χ4v) is 1.73. The van der Waals surface area contributed by atoms with E-state index in [2.05, 4.69) is 20.3 Å². The minimum absolute atomic E-state index is 0.300. The van der Waals surface area contributed by atoms with Crippen LogP contribution in [-0.4, -0.2) is 36.3 Å². The second-order valence-corrected chi connectivity index (χ2v) is 3.50. The van der Waals surface area contributed by atoms with Crippen LogP contribution in [-0.2, 0) is 4.74 Å². The van der Waals surface area contributed by atoms with Crippen LogP contribution in [0.3, 0.4) is 0 Å². The molecule has 1 aromatic heterocycles. The van der Waals surface area contributed by atoms with E-state index in [0.717, 1.165) is 25.3 Å². The van der Waals surface area contributed by atoms with Gasteiger partial charge in [-0.2, -0.15) is 0 Å². The van der Waals surface area contributed by atoms with Crippen molar-refractivity contribution < 1.29 is 4.74 Å². The van der Waals surface area contributed by atoms with E-state index in [4.69, 9.17) is 10.6 Å². The Hall–Kier alpha value is -1.40. The molecule has 0 radical (unpaired) electrons. The normalized spacial score (nSPS) is 20.7. The highest BCUT2D eigenvalue weighted by Crippen LogP contribution is 2.20. The average Bonchev–Trinajstić information content (AvgIpc) is 2.78. The van der Waals surface area contributed by atoms with Crippen LogP contribution in [0.2, 0.25) is 0 Å². The maximum atomic E-state index is 5.29. The number of anilines is 2. The first-order valence-corrected chi connectivity index (χ1v) is 4.90. The molecule has 0 aromatic carbocycles. The Morgan fingerprint density at radius 2 is 2.47 bits per heavy atom. The maximum Gasteiger partial charge on any atom is 0.145 e. The summed E-state index contributed by atoms with van der Waals surface area (Å²) in [6, 6.07) is 1.83. The molecule has 1 aliphatic heterocycles. The monoisotopic (exact) mass is 209 g/mol. The van der Waals surface area contributed by atoms with E-state index >= 15 is 0 Å². The molecule has 15 heavy (non-hydrogen) atoms. The molecule has 82 valence electrons. The Balaban J connectivity index is 2.09. The van der Waals surface area contributed by atoms with E-state index < -0.39 is 0 Å². The topological polar surface area (TPSA) is 76.3 Å². The van der Waals surface area contributed by atoms with E-state index in [0.29, 0.717) is 11.9 Å². The molecule has 1 aliphatic rings. The quantitative estimate of drug-likeness (QED) is 0.538. The van der Waals surface area contributed by atoms with Crippen molar-refractivity contribution in [3.63, 3.8) is 0 Å². The molecular formula is C9H15N5O. The van der Waals surface area contributed by atoms with Crippen LogP contribution >= 0.6 is 0 Å². The van der Waals surface area contributed by atoms with Crippen molar-refractivity contribution in [2.45, 2.75) is 12.5 Å². The van der Waals surface area contributed by atoms with Gasteiger partial charge in [0, 0.05) is 26.3 Å². The molecule has 3 N–H and O–H groups in total. The van der Waals surface area contributed by atoms with Crippen LogP contribution in [0.1, 0.15) is 6.42 Å². The SMILES string of the molecule is COC1CCN(c2cc(NN)ncn2)C1. The molecule has 1 fully saturated rings. The third-order valence-electron chi connectivity index (χ3n) is 2.60. The number of hydrogen-bond donors (Lipinski definition) is 2. The molecule has 0 amide bonds. The van der Waals surface area contributed by atoms with Crippen molar-refractivity contribution in [2.24, 2.45) is 5.84 Å². The summed E-state index contributed by atoms with van der Waals surface area (Å²) in [5, 5.41) is 0. The first-order valence-electron chi connectivity index (χ1n) is 4.90. The Kier molecular flexibility index (Phi) is 2.98. The van der Waals surface area contributed by atoms with Gasteiger partial charge in [0.15, 0.2) is 0 Å². The third-order valence-corrected chi connectivity index (χ3v) is 2.60. The first kappa shape index (κ1) is 10.1. The van der Waals surface area contributed by atoms with Gasteiger partial charge in [-0.1, -0.05) is 0 Å². The van der Waals surface area contributed by atoms with Gasteiger partial charge >= 0.3 is 0 Å². The van der Waals surface area contributed by atoms with Gasteiger partial charge < -0.3 is 15.1 Å². The molecule has 2 heterocycles. The van der Waals surface area contributed by atoms with Gasteiger partial charge in [-0.15, -0.1) is 0 Å². The fourth-order valence-electron chi connectivity index (χ4n) is 1.73. The second kappa shape index (κ2) is 4.41. The first-order chi connectivity index (χ1) is 7.33. The van der Waals surface area contributed by atoms with Crippen LogP contribution in [0, 0.1) is 0 Å². The summed E-state index contributed by atoms with van der Waals surface area (Å²) in [6.45, 7) is 1.83. The number of nitrogens with two attached hydrogens (primary N) is 1. The average molecular weight is 209 g/mol. The van der Waals surface area contributed by atoms with Gasteiger partial charge in [0.05, 0.1) is 6.10 Å². The third kappa shape index (κ3) is 2.16. The molecule has 2 rings (SSSR count). The largest absolute Gasteiger partial charge is 0.380 e. The molecule has 0 saturated carbocycles. The van der Waals surface area contributed by atoms with Crippen molar-refractivity contribution in [1.82, 2.24) is 9.97 Å². The van der Waals surface area contributed by atoms with Crippen molar-refractivity contribution in [3.05, 3.63) is 12.4 Å². The number of aromatic nitrogens is 2. The molecule has 1 saturated heterocycles. The molecule has 1 aromatic rings. The number of nitrogen functional groups attached to an aromatic ring is 1. The van der Waals surface area contributed by atoms with Gasteiger partial charge in [-0.05, 0) is 6.42 Å². The number of methoxy groups -OCH3 is 1. The highest BCUT2D eigenvalue weighted by Gasteiger charge is 2.23. The number of hydrogen-bond acceptors (Lipinski definition) is 6. The lowest BCUT2D eigenvalue weighted by Crippen LogP contribution is -2.23. The zero-order valence-corrected chi connectivity index (χ0v) is 8.68. The summed E-state index contributed by atoms with van der Waals surface area (Å²) in [5.41, 5.74) is 2.51. The van der Waals surface area contributed by atoms with E-state index in [-0.39, 0.29) is 0 Å². The molecule has 6 nitrogen and oxygen atoms in total. The molecule has 1 atom stereocenters. The Morgan fingerprint density at radius 1 is 1.60 bits per heavy atom. The second-order valence-electron chi connectivity index (χ2n) is 3.50. The van der Waals surface area contributed by atoms with Crippen LogP contribution in [0.4, 0.5) is 11.6 Å². The highest BCUT2D eigenvalue weighted by molar-refractivity contribution is 5.48. The van der Waals surface area contributed by atoms with Crippen molar-refractivity contribution in [1.29, 1.82) is 0 Å². The number of nitrogens with zero attached hydrogens (tertiary/aromatic N) is 3. The minimum atomic E-state index is 0.300. The molecule has 1 unspecified atom stereocenters. The summed E-state index contributed by atoms with van der Waals surface area (Å²) < 4.78 is 5.29. The number of hydrazine groups is 1. The van der Waals surface area contributed by atoms with Gasteiger partial charge in [0.25, 0.3) is 0 Å². The summed E-state index contributed by atoms with van der Waals surface area (Å²) in [5.74, 6) is 6.80. The predicted octanol–water partition coefficient (Wildman–Crippen LogP) is -0.0127. The molecule has 6 heteroatoms. The van der Waals surface area contributed by atoms with Crippen molar-refractivity contribution >= 4 is 11.6 Å². The van der Waals surface area contributed by atoms with Gasteiger partial charge in [0.2, 0.25) is 0 Å². The lowest BCUT2D eigenvalue weighted by molar-refractivity contribution is 0.121. The number of rotatable bonds is 3. The van der Waals surface area contributed by atoms with E-state index in [1.807, 2.05) is 6.07 Å². The summed E-state index contributed by atoms with van der Waals surface area (Å²) in [7, 11) is 1.74. The zero-order valence-electron chi connectivity index (χ0n) is 8.68. The summed E-state index contributed by atoms with van der Waals surface area (Å²) in [4.78, 5) is 10.3. The predicted molar refractivity (Wildman–Crippen MR) is 57.5 cm³/mol. The number of ether oxygens (including phenoxy) is 1. The maximum absolute atomic E-state index is 5.29. The lowest BCUT2D eigenvalue weighted by Gasteiger charge is -2.17. The van der Waals surface area contributed by atoms with Crippen LogP contribution < -0.4 is 16.2 Å². The van der Waals surface area contributed by atoms with Crippen LogP contribution in [0.25, 0.3) is 0 Å². The molecule has 0 aliphatic carbocycles. The Morgan fingerprint density at radius 3 is 3.13 bits per heavy atom. The standard InChI is InChI=1S/C9H15N5O/c1-15-7-2-3-14(5-7)9-4-8(13-10)11-6-12-9/h4,6-7H,2-3,5,10H2,1H3,(H,11,12,13). The minimum Gasteiger partial charge on any atom is -0.380 e. The molecule has 0 spiro atoms.